The van der Waals surface area contributed by atoms with Gasteiger partial charge in [-0.25, -0.2) is 0 Å². The van der Waals surface area contributed by atoms with E-state index in [0.717, 1.165) is 13.2 Å². The molecule has 0 heterocycles. The molecule has 0 unspecified atom stereocenters. The molecule has 10 nitrogen and oxygen atoms in total. The highest BCUT2D eigenvalue weighted by Gasteiger charge is 2.29. The molecule has 0 saturated carbocycles. The minimum Gasteiger partial charge on any atom is -0.394 e. The molecule has 0 aromatic carbocycles. The van der Waals surface area contributed by atoms with Gasteiger partial charge in [0.1, 0.15) is 30.5 Å². The lowest BCUT2D eigenvalue weighted by Gasteiger charge is -2.22. The molecule has 0 radical (unpaired) electrons. The number of carbonyl (C=O) groups excluding carboxylic acids is 1. The molecule has 0 aromatic heterocycles. The number of rotatable bonds is 9. The summed E-state index contributed by atoms with van der Waals surface area (Å²) in [7, 11) is 0. The van der Waals surface area contributed by atoms with Gasteiger partial charge >= 0.3 is 0 Å². The number of aliphatic hydroxyl groups excluding tert-OH is 8. The van der Waals surface area contributed by atoms with E-state index in [2.05, 4.69) is 0 Å². The number of ether oxygens (including phenoxy) is 1. The monoisotopic (exact) mass is 346 g/mol. The summed E-state index contributed by atoms with van der Waals surface area (Å²) in [6.45, 7) is 4.18. The smallest absolute Gasteiger partial charge is 0.151 e. The quantitative estimate of drug-likeness (QED) is 0.191. The maximum absolute atomic E-state index is 9.90. The molecule has 0 amide bonds. The zero-order valence-corrected chi connectivity index (χ0v) is 13.4. The molecule has 0 rings (SSSR count). The van der Waals surface area contributed by atoms with E-state index >= 15 is 0 Å². The van der Waals surface area contributed by atoms with Crippen LogP contribution in [0.15, 0.2) is 0 Å². The van der Waals surface area contributed by atoms with Crippen molar-refractivity contribution in [2.75, 3.05) is 33.0 Å². The predicted molar refractivity (Wildman–Crippen MR) is 79.5 cm³/mol. The number of hydrogen-bond donors (Lipinski definition) is 8. The first-order valence-electron chi connectivity index (χ1n) is 7.03. The number of aliphatic hydroxyl groups is 8. The highest BCUT2D eigenvalue weighted by Crippen LogP contribution is 2.02. The van der Waals surface area contributed by atoms with Crippen LogP contribution >= 0.6 is 0 Å². The Labute approximate surface area is 135 Å². The Morgan fingerprint density at radius 1 is 0.826 bits per heavy atom. The van der Waals surface area contributed by atoms with E-state index in [1.54, 1.807) is 0 Å². The fourth-order valence-electron chi connectivity index (χ4n) is 0.880. The Morgan fingerprint density at radius 2 is 1.26 bits per heavy atom. The van der Waals surface area contributed by atoms with Gasteiger partial charge in [0, 0.05) is 13.2 Å². The summed E-state index contributed by atoms with van der Waals surface area (Å²) in [5, 5.41) is 67.6. The van der Waals surface area contributed by atoms with Crippen molar-refractivity contribution in [3.05, 3.63) is 0 Å². The molecule has 0 aliphatic carbocycles. The van der Waals surface area contributed by atoms with Crippen LogP contribution in [0.5, 0.6) is 0 Å². The van der Waals surface area contributed by atoms with E-state index in [9.17, 15) is 4.79 Å². The average Bonchev–Trinajstić information content (AvgIpc) is 2.59. The Hall–Kier alpha value is -0.690. The van der Waals surface area contributed by atoms with Crippen LogP contribution in [-0.2, 0) is 9.53 Å². The second-order valence-electron chi connectivity index (χ2n) is 4.16. The zero-order chi connectivity index (χ0) is 18.8. The fourth-order valence-corrected chi connectivity index (χ4v) is 0.880. The van der Waals surface area contributed by atoms with E-state index in [0.29, 0.717) is 0 Å². The summed E-state index contributed by atoms with van der Waals surface area (Å²) in [4.78, 5) is 9.90. The second kappa shape index (κ2) is 19.4. The molecule has 0 fully saturated rings. The third-order valence-electron chi connectivity index (χ3n) is 2.25. The molecule has 4 atom stereocenters. The maximum Gasteiger partial charge on any atom is 0.151 e. The third kappa shape index (κ3) is 17.5. The van der Waals surface area contributed by atoms with E-state index < -0.39 is 37.1 Å². The normalized spacial score (nSPS) is 15.4. The van der Waals surface area contributed by atoms with Gasteiger partial charge in [-0.15, -0.1) is 0 Å². The lowest BCUT2D eigenvalue weighted by molar-refractivity contribution is -0.136. The van der Waals surface area contributed by atoms with Crippen molar-refractivity contribution in [1.29, 1.82) is 0 Å². The van der Waals surface area contributed by atoms with Gasteiger partial charge in [0.25, 0.3) is 0 Å². The average molecular weight is 346 g/mol. The fraction of sp³-hybridized carbons (Fsp3) is 0.923. The van der Waals surface area contributed by atoms with Crippen molar-refractivity contribution in [3.8, 4) is 0 Å². The first kappa shape index (κ1) is 27.2. The minimum absolute atomic E-state index is 0.0258. The van der Waals surface area contributed by atoms with Gasteiger partial charge in [-0.3, -0.25) is 0 Å². The molecule has 0 saturated heterocycles. The summed E-state index contributed by atoms with van der Waals surface area (Å²) in [6, 6.07) is 0. The molecule has 0 aliphatic heterocycles. The van der Waals surface area contributed by atoms with Crippen molar-refractivity contribution >= 4 is 6.29 Å². The summed E-state index contributed by atoms with van der Waals surface area (Å²) in [5.74, 6) is 0. The van der Waals surface area contributed by atoms with Crippen LogP contribution in [0.4, 0.5) is 0 Å². The van der Waals surface area contributed by atoms with Crippen molar-refractivity contribution in [2.24, 2.45) is 0 Å². The van der Waals surface area contributed by atoms with Gasteiger partial charge in [0.05, 0.1) is 19.8 Å². The van der Waals surface area contributed by atoms with Crippen LogP contribution in [0.1, 0.15) is 13.8 Å². The molecular formula is C13H30O10. The predicted octanol–water partition coefficient (Wildman–Crippen LogP) is -4.00. The Balaban J connectivity index is -0.000000303. The Bertz CT molecular complexity index is 235. The van der Waals surface area contributed by atoms with Crippen molar-refractivity contribution in [2.45, 2.75) is 44.4 Å². The molecule has 0 bridgehead atoms. The second-order valence-corrected chi connectivity index (χ2v) is 4.16. The SMILES string of the molecule is CCOCC.O=C[C@H](O)[C@@H](O)[C@H](O)[C@H](O)CO.OCC(O)CO. The molecule has 0 aromatic rings. The zero-order valence-electron chi connectivity index (χ0n) is 13.4. The van der Waals surface area contributed by atoms with Crippen LogP contribution < -0.4 is 0 Å². The van der Waals surface area contributed by atoms with Crippen molar-refractivity contribution < 1.29 is 50.4 Å². The van der Waals surface area contributed by atoms with Gasteiger partial charge in [-0.1, -0.05) is 0 Å². The summed E-state index contributed by atoms with van der Waals surface area (Å²) >= 11 is 0. The summed E-state index contributed by atoms with van der Waals surface area (Å²) in [5.41, 5.74) is 0. The summed E-state index contributed by atoms with van der Waals surface area (Å²) in [6.07, 6.45) is -7.79. The molecule has 0 spiro atoms. The highest BCUT2D eigenvalue weighted by atomic mass is 16.5. The number of carbonyl (C=O) groups is 1. The lowest BCUT2D eigenvalue weighted by atomic mass is 10.0. The lowest BCUT2D eigenvalue weighted by Crippen LogP contribution is -2.46. The van der Waals surface area contributed by atoms with Gasteiger partial charge < -0.3 is 50.4 Å². The number of hydrogen-bond acceptors (Lipinski definition) is 10. The van der Waals surface area contributed by atoms with Crippen LogP contribution in [0.3, 0.4) is 0 Å². The van der Waals surface area contributed by atoms with Crippen LogP contribution in [0.25, 0.3) is 0 Å². The molecule has 142 valence electrons. The maximum atomic E-state index is 9.90. The van der Waals surface area contributed by atoms with Gasteiger partial charge in [-0.2, -0.15) is 0 Å². The summed E-state index contributed by atoms with van der Waals surface area (Å²) < 4.78 is 4.83. The Morgan fingerprint density at radius 3 is 1.43 bits per heavy atom. The topological polar surface area (TPSA) is 188 Å². The van der Waals surface area contributed by atoms with Crippen molar-refractivity contribution in [1.82, 2.24) is 0 Å². The molecule has 10 heteroatoms. The van der Waals surface area contributed by atoms with Gasteiger partial charge in [0.2, 0.25) is 0 Å². The third-order valence-corrected chi connectivity index (χ3v) is 2.25. The van der Waals surface area contributed by atoms with Crippen LogP contribution in [0, 0.1) is 0 Å². The van der Waals surface area contributed by atoms with Gasteiger partial charge in [0.15, 0.2) is 6.29 Å². The van der Waals surface area contributed by atoms with E-state index in [1.807, 2.05) is 13.8 Å². The highest BCUT2D eigenvalue weighted by molar-refractivity contribution is 5.56. The largest absolute Gasteiger partial charge is 0.394 e. The minimum atomic E-state index is -1.79. The first-order valence-corrected chi connectivity index (χ1v) is 7.03. The van der Waals surface area contributed by atoms with Crippen LogP contribution in [-0.4, -0.2) is 111 Å². The molecular weight excluding hydrogens is 316 g/mol. The Kier molecular flexibility index (Phi) is 22.9. The molecule has 8 N–H and O–H groups in total. The molecule has 23 heavy (non-hydrogen) atoms. The number of aldehydes is 1. The van der Waals surface area contributed by atoms with Crippen molar-refractivity contribution in [3.63, 3.8) is 0 Å². The van der Waals surface area contributed by atoms with E-state index in [1.165, 1.54) is 0 Å². The standard InChI is InChI=1S/C6H12O6.C4H10O.C3H8O3/c7-1-3(9)5(11)6(12)4(10)2-8;1-3-5-4-2;4-1-3(6)2-5/h1,3-6,8-12H,2H2;3-4H2,1-2H3;3-6H,1-2H2/t3-,4+,5+,6+;;/m0../s1. The van der Waals surface area contributed by atoms with Gasteiger partial charge in [-0.05, 0) is 13.8 Å². The van der Waals surface area contributed by atoms with E-state index in [4.69, 9.17) is 45.6 Å². The van der Waals surface area contributed by atoms with Crippen LogP contribution in [0.2, 0.25) is 0 Å². The first-order chi connectivity index (χ1) is 10.8. The van der Waals surface area contributed by atoms with E-state index in [-0.39, 0.29) is 19.5 Å². The molecule has 0 aliphatic rings.